The summed E-state index contributed by atoms with van der Waals surface area (Å²) in [6, 6.07) is 0. The van der Waals surface area contributed by atoms with Crippen LogP contribution in [0.2, 0.25) is 0 Å². The summed E-state index contributed by atoms with van der Waals surface area (Å²) < 4.78 is 0. The van der Waals surface area contributed by atoms with Gasteiger partial charge in [-0.1, -0.05) is 0 Å². The zero-order valence-corrected chi connectivity index (χ0v) is 6.70. The smallest absolute Gasteiger partial charge is 0.693 e. The van der Waals surface area contributed by atoms with E-state index >= 15 is 0 Å². The Hall–Kier alpha value is -0.202. The Balaban J connectivity index is -0.00000000450. The summed E-state index contributed by atoms with van der Waals surface area (Å²) in [5.41, 5.74) is 0. The zero-order valence-electron chi connectivity index (χ0n) is 4.43. The number of nitrogens with two attached hydrogens (primary N) is 4. The summed E-state index contributed by atoms with van der Waals surface area (Å²) in [7, 11) is 0. The van der Waals surface area contributed by atoms with E-state index in [0.29, 0.717) is 0 Å². The number of carbonyl (C=O) groups is 1. The molecule has 8 heteroatoms. The molecule has 62 valence electrons. The first-order chi connectivity index (χ1) is 1.73. The van der Waals surface area contributed by atoms with Gasteiger partial charge in [0.15, 0.2) is 0 Å². The van der Waals surface area contributed by atoms with Crippen molar-refractivity contribution in [3.05, 3.63) is 24.6 Å². The van der Waals surface area contributed by atoms with Crippen LogP contribution in [-0.4, -0.2) is 16.4 Å². The van der Waals surface area contributed by atoms with Gasteiger partial charge in [-0.2, -0.15) is 0 Å². The predicted octanol–water partition coefficient (Wildman–Crippen LogP) is 3.09. The molecule has 0 aromatic heterocycles. The molecule has 0 aliphatic heterocycles. The predicted molar refractivity (Wildman–Crippen MR) is 31.8 cm³/mol. The molecular weight excluding hydrogens is 311 g/mol. The summed E-state index contributed by atoms with van der Waals surface area (Å²) in [6.45, 7) is 0. The standard InChI is InChI=1S/CH2O3.4H2N.Pt/c2-1(3)4;;;;;/h(H2,2,3,4);4*1H2;/q;4*-1;+4. The molecule has 0 atom stereocenters. The van der Waals surface area contributed by atoms with Crippen LogP contribution in [0.3, 0.4) is 0 Å². The van der Waals surface area contributed by atoms with Crippen LogP contribution in [0.4, 0.5) is 4.79 Å². The Morgan fingerprint density at radius 2 is 0.889 bits per heavy atom. The molecule has 0 aromatic rings. The molecule has 0 rings (SSSR count). The average Bonchev–Trinajstić information content (AvgIpc) is 0.811. The van der Waals surface area contributed by atoms with Gasteiger partial charge in [-0.05, 0) is 0 Å². The number of hydrogen-bond acceptors (Lipinski definition) is 1. The van der Waals surface area contributed by atoms with Crippen molar-refractivity contribution in [2.75, 3.05) is 0 Å². The van der Waals surface area contributed by atoms with Crippen LogP contribution < -0.4 is 0 Å². The molecule has 7 nitrogen and oxygen atoms in total. The molecule has 0 heterocycles. The molecule has 0 unspecified atom stereocenters. The Bertz CT molecular complexity index is 38.8. The van der Waals surface area contributed by atoms with Crippen LogP contribution in [0, 0.1) is 0 Å². The molecule has 9 heavy (non-hydrogen) atoms. The van der Waals surface area contributed by atoms with Crippen LogP contribution in [0.25, 0.3) is 24.6 Å². The minimum atomic E-state index is -1.83. The molecule has 0 amide bonds. The van der Waals surface area contributed by atoms with Gasteiger partial charge in [-0.15, -0.1) is 0 Å². The minimum Gasteiger partial charge on any atom is -0.693 e. The molecule has 0 aliphatic carbocycles. The molecular formula is CH10N4O3Pt. The van der Waals surface area contributed by atoms with E-state index in [1.54, 1.807) is 0 Å². The maximum Gasteiger partial charge on any atom is 4.00 e. The maximum atomic E-state index is 8.56. The van der Waals surface area contributed by atoms with E-state index in [2.05, 4.69) is 0 Å². The van der Waals surface area contributed by atoms with Crippen molar-refractivity contribution in [1.82, 2.24) is 0 Å². The van der Waals surface area contributed by atoms with Gasteiger partial charge in [0.2, 0.25) is 0 Å². The van der Waals surface area contributed by atoms with Crippen molar-refractivity contribution in [3.63, 3.8) is 0 Å². The fourth-order valence-corrected chi connectivity index (χ4v) is 0. The molecule has 0 saturated carbocycles. The van der Waals surface area contributed by atoms with Gasteiger partial charge in [0.05, 0.1) is 0 Å². The normalized spacial score (nSPS) is 2.67. The second-order valence-electron chi connectivity index (χ2n) is 0.283. The van der Waals surface area contributed by atoms with Gasteiger partial charge < -0.3 is 34.8 Å². The summed E-state index contributed by atoms with van der Waals surface area (Å²) in [4.78, 5) is 8.56. The summed E-state index contributed by atoms with van der Waals surface area (Å²) in [5, 5.41) is 13.9. The minimum absolute atomic E-state index is 0. The third-order valence-electron chi connectivity index (χ3n) is 0. The third-order valence-corrected chi connectivity index (χ3v) is 0. The number of carboxylic acid groups (broad SMARTS) is 2. The van der Waals surface area contributed by atoms with Crippen molar-refractivity contribution >= 4 is 6.16 Å². The van der Waals surface area contributed by atoms with E-state index in [1.807, 2.05) is 0 Å². The monoisotopic (exact) mass is 321 g/mol. The SMILES string of the molecule is O=C(O)O.[NH2-].[NH2-].[NH2-].[NH2-].[Pt+4]. The van der Waals surface area contributed by atoms with E-state index in [1.165, 1.54) is 0 Å². The third kappa shape index (κ3) is 6450. The first kappa shape index (κ1) is 68.3. The van der Waals surface area contributed by atoms with E-state index in [4.69, 9.17) is 15.0 Å². The topological polar surface area (TPSA) is 192 Å². The van der Waals surface area contributed by atoms with E-state index < -0.39 is 6.16 Å². The molecule has 0 saturated heterocycles. The first-order valence-electron chi connectivity index (χ1n) is 0.651. The summed E-state index contributed by atoms with van der Waals surface area (Å²) in [6.07, 6.45) is -1.83. The Kier molecular flexibility index (Phi) is 349. The fourth-order valence-electron chi connectivity index (χ4n) is 0. The summed E-state index contributed by atoms with van der Waals surface area (Å²) >= 11 is 0. The summed E-state index contributed by atoms with van der Waals surface area (Å²) in [5.74, 6) is 0. The van der Waals surface area contributed by atoms with Crippen molar-refractivity contribution in [1.29, 1.82) is 0 Å². The fraction of sp³-hybridized carbons (Fsp3) is 0. The Morgan fingerprint density at radius 3 is 0.889 bits per heavy atom. The number of rotatable bonds is 0. The maximum absolute atomic E-state index is 8.56. The van der Waals surface area contributed by atoms with Gasteiger partial charge >= 0.3 is 27.2 Å². The van der Waals surface area contributed by atoms with Gasteiger partial charge in [0.25, 0.3) is 0 Å². The van der Waals surface area contributed by atoms with Crippen LogP contribution in [-0.2, 0) is 21.1 Å². The van der Waals surface area contributed by atoms with Crippen molar-refractivity contribution in [2.24, 2.45) is 0 Å². The van der Waals surface area contributed by atoms with Gasteiger partial charge in [-0.25, -0.2) is 4.79 Å². The largest absolute Gasteiger partial charge is 4.00 e. The van der Waals surface area contributed by atoms with E-state index in [0.717, 1.165) is 0 Å². The Labute approximate surface area is 67.4 Å². The molecule has 0 fully saturated rings. The Morgan fingerprint density at radius 1 is 0.889 bits per heavy atom. The second-order valence-corrected chi connectivity index (χ2v) is 0.283. The average molecular weight is 321 g/mol. The van der Waals surface area contributed by atoms with Crippen LogP contribution in [0.15, 0.2) is 0 Å². The van der Waals surface area contributed by atoms with Crippen molar-refractivity contribution < 1.29 is 36.1 Å². The van der Waals surface area contributed by atoms with Crippen LogP contribution in [0.1, 0.15) is 0 Å². The van der Waals surface area contributed by atoms with Crippen LogP contribution >= 0.6 is 0 Å². The quantitative estimate of drug-likeness (QED) is 0.693. The molecule has 0 radical (unpaired) electrons. The van der Waals surface area contributed by atoms with E-state index in [9.17, 15) is 0 Å². The number of hydrogen-bond donors (Lipinski definition) is 2. The van der Waals surface area contributed by atoms with Gasteiger partial charge in [0, 0.05) is 0 Å². The molecule has 0 spiro atoms. The molecule has 10 N–H and O–H groups in total. The van der Waals surface area contributed by atoms with Crippen molar-refractivity contribution in [2.45, 2.75) is 0 Å². The van der Waals surface area contributed by atoms with Gasteiger partial charge in [0.1, 0.15) is 0 Å². The molecule has 0 bridgehead atoms. The first-order valence-corrected chi connectivity index (χ1v) is 0.651. The van der Waals surface area contributed by atoms with Gasteiger partial charge in [-0.3, -0.25) is 0 Å². The zero-order chi connectivity index (χ0) is 3.58. The van der Waals surface area contributed by atoms with E-state index in [-0.39, 0.29) is 45.7 Å². The molecule has 0 aliphatic rings. The van der Waals surface area contributed by atoms with Crippen LogP contribution in [0.5, 0.6) is 0 Å². The molecule has 0 aromatic carbocycles. The second kappa shape index (κ2) is 46.0. The van der Waals surface area contributed by atoms with Crippen molar-refractivity contribution in [3.8, 4) is 0 Å².